The monoisotopic (exact) mass is 324 g/mol. The van der Waals surface area contributed by atoms with E-state index < -0.39 is 0 Å². The number of benzene rings is 1. The fraction of sp³-hybridized carbons (Fsp3) is 0.588. The molecule has 1 aromatic rings. The van der Waals surface area contributed by atoms with Crippen molar-refractivity contribution in [2.45, 2.75) is 50.7 Å². The van der Waals surface area contributed by atoms with Gasteiger partial charge in [0, 0.05) is 12.6 Å². The maximum Gasteiger partial charge on any atom is 0.237 e. The van der Waals surface area contributed by atoms with Crippen LogP contribution in [0.2, 0.25) is 0 Å². The van der Waals surface area contributed by atoms with Gasteiger partial charge in [-0.2, -0.15) is 0 Å². The zero-order valence-electron chi connectivity index (χ0n) is 13.0. The predicted molar refractivity (Wildman–Crippen MR) is 89.4 cm³/mol. The summed E-state index contributed by atoms with van der Waals surface area (Å²) in [4.78, 5) is 12.3. The summed E-state index contributed by atoms with van der Waals surface area (Å²) in [6.07, 6.45) is 6.11. The van der Waals surface area contributed by atoms with Crippen LogP contribution in [-0.4, -0.2) is 25.1 Å². The summed E-state index contributed by atoms with van der Waals surface area (Å²) >= 11 is 0. The maximum absolute atomic E-state index is 12.3. The maximum atomic E-state index is 12.3. The molecule has 2 fully saturated rings. The number of halogens is 1. The van der Waals surface area contributed by atoms with Gasteiger partial charge in [-0.3, -0.25) is 4.79 Å². The van der Waals surface area contributed by atoms with Crippen LogP contribution in [0, 0.1) is 5.92 Å². The third-order valence-corrected chi connectivity index (χ3v) is 4.78. The highest BCUT2D eigenvalue weighted by molar-refractivity contribution is 5.85. The van der Waals surface area contributed by atoms with E-state index in [1.807, 2.05) is 24.3 Å². The summed E-state index contributed by atoms with van der Waals surface area (Å²) in [6, 6.07) is 8.37. The van der Waals surface area contributed by atoms with Crippen LogP contribution in [0.3, 0.4) is 0 Å². The minimum Gasteiger partial charge on any atom is -0.497 e. The van der Waals surface area contributed by atoms with E-state index in [2.05, 4.69) is 10.6 Å². The SMILES string of the molecule is COc1cccc(CNC(=O)C2CC3CCCCC3N2)c1.Cl. The molecule has 0 radical (unpaired) electrons. The average Bonchev–Trinajstić information content (AvgIpc) is 2.97. The van der Waals surface area contributed by atoms with Crippen molar-refractivity contribution in [3.8, 4) is 5.75 Å². The molecular weight excluding hydrogens is 300 g/mol. The van der Waals surface area contributed by atoms with E-state index in [-0.39, 0.29) is 24.4 Å². The van der Waals surface area contributed by atoms with Crippen molar-refractivity contribution in [3.05, 3.63) is 29.8 Å². The quantitative estimate of drug-likeness (QED) is 0.895. The van der Waals surface area contributed by atoms with Crippen molar-refractivity contribution < 1.29 is 9.53 Å². The number of ether oxygens (including phenoxy) is 1. The number of hydrogen-bond donors (Lipinski definition) is 2. The Kier molecular flexibility index (Phi) is 6.09. The van der Waals surface area contributed by atoms with E-state index in [4.69, 9.17) is 4.74 Å². The molecule has 3 atom stereocenters. The van der Waals surface area contributed by atoms with Gasteiger partial charge in [0.2, 0.25) is 5.91 Å². The Morgan fingerprint density at radius 1 is 1.36 bits per heavy atom. The molecule has 1 amide bonds. The lowest BCUT2D eigenvalue weighted by Crippen LogP contribution is -2.42. The summed E-state index contributed by atoms with van der Waals surface area (Å²) in [6.45, 7) is 0.559. The van der Waals surface area contributed by atoms with Gasteiger partial charge in [0.25, 0.3) is 0 Å². The van der Waals surface area contributed by atoms with Crippen LogP contribution in [0.25, 0.3) is 0 Å². The first-order chi connectivity index (χ1) is 10.3. The molecule has 0 bridgehead atoms. The third-order valence-electron chi connectivity index (χ3n) is 4.78. The third kappa shape index (κ3) is 3.93. The number of methoxy groups -OCH3 is 1. The fourth-order valence-corrected chi connectivity index (χ4v) is 3.62. The zero-order chi connectivity index (χ0) is 14.7. The molecule has 0 spiro atoms. The number of fused-ring (bicyclic) bond motifs is 1. The molecule has 5 heteroatoms. The Labute approximate surface area is 138 Å². The van der Waals surface area contributed by atoms with E-state index in [0.29, 0.717) is 18.5 Å². The fourth-order valence-electron chi connectivity index (χ4n) is 3.62. The molecule has 122 valence electrons. The Hall–Kier alpha value is -1.26. The van der Waals surface area contributed by atoms with Crippen LogP contribution in [0.5, 0.6) is 5.75 Å². The van der Waals surface area contributed by atoms with Gasteiger partial charge in [-0.1, -0.05) is 25.0 Å². The molecule has 1 aliphatic heterocycles. The Bertz CT molecular complexity index is 495. The smallest absolute Gasteiger partial charge is 0.237 e. The molecule has 1 saturated heterocycles. The first-order valence-electron chi connectivity index (χ1n) is 7.93. The molecule has 22 heavy (non-hydrogen) atoms. The summed E-state index contributed by atoms with van der Waals surface area (Å²) in [5.41, 5.74) is 1.07. The van der Waals surface area contributed by atoms with Gasteiger partial charge in [-0.25, -0.2) is 0 Å². The van der Waals surface area contributed by atoms with Gasteiger partial charge in [-0.05, 0) is 42.9 Å². The number of hydrogen-bond acceptors (Lipinski definition) is 3. The molecule has 3 unspecified atom stereocenters. The van der Waals surface area contributed by atoms with E-state index >= 15 is 0 Å². The van der Waals surface area contributed by atoms with Crippen LogP contribution < -0.4 is 15.4 Å². The zero-order valence-corrected chi connectivity index (χ0v) is 13.8. The largest absolute Gasteiger partial charge is 0.497 e. The molecule has 1 aromatic carbocycles. The second-order valence-electron chi connectivity index (χ2n) is 6.18. The normalized spacial score (nSPS) is 26.7. The minimum absolute atomic E-state index is 0. The first-order valence-corrected chi connectivity index (χ1v) is 7.93. The number of carbonyl (C=O) groups is 1. The van der Waals surface area contributed by atoms with Gasteiger partial charge in [0.1, 0.15) is 5.75 Å². The van der Waals surface area contributed by atoms with Crippen LogP contribution >= 0.6 is 12.4 Å². The summed E-state index contributed by atoms with van der Waals surface area (Å²) in [5, 5.41) is 6.56. The summed E-state index contributed by atoms with van der Waals surface area (Å²) in [7, 11) is 1.65. The Morgan fingerprint density at radius 2 is 2.18 bits per heavy atom. The highest BCUT2D eigenvalue weighted by Gasteiger charge is 2.37. The Balaban J connectivity index is 0.00000176. The van der Waals surface area contributed by atoms with E-state index in [1.54, 1.807) is 7.11 Å². The van der Waals surface area contributed by atoms with E-state index in [1.165, 1.54) is 25.7 Å². The number of rotatable bonds is 4. The van der Waals surface area contributed by atoms with Gasteiger partial charge in [0.05, 0.1) is 13.2 Å². The van der Waals surface area contributed by atoms with Crippen LogP contribution in [0.1, 0.15) is 37.7 Å². The lowest BCUT2D eigenvalue weighted by atomic mass is 9.85. The number of amides is 1. The molecule has 3 rings (SSSR count). The number of carbonyl (C=O) groups excluding carboxylic acids is 1. The van der Waals surface area contributed by atoms with Crippen molar-refractivity contribution in [3.63, 3.8) is 0 Å². The van der Waals surface area contributed by atoms with Crippen molar-refractivity contribution in [1.82, 2.24) is 10.6 Å². The van der Waals surface area contributed by atoms with E-state index in [9.17, 15) is 4.79 Å². The lowest BCUT2D eigenvalue weighted by molar-refractivity contribution is -0.123. The first kappa shape index (κ1) is 17.1. The van der Waals surface area contributed by atoms with E-state index in [0.717, 1.165) is 17.7 Å². The standard InChI is InChI=1S/C17H24N2O2.ClH/c1-21-14-7-4-5-12(9-14)11-18-17(20)16-10-13-6-2-3-8-15(13)19-16;/h4-5,7,9,13,15-16,19H,2-3,6,8,10-11H2,1H3,(H,18,20);1H. The van der Waals surface area contributed by atoms with Crippen LogP contribution in [0.15, 0.2) is 24.3 Å². The Morgan fingerprint density at radius 3 is 2.95 bits per heavy atom. The minimum atomic E-state index is -0.0105. The van der Waals surface area contributed by atoms with Crippen molar-refractivity contribution >= 4 is 18.3 Å². The van der Waals surface area contributed by atoms with Gasteiger partial charge in [0.15, 0.2) is 0 Å². The van der Waals surface area contributed by atoms with Gasteiger partial charge in [-0.15, -0.1) is 12.4 Å². The van der Waals surface area contributed by atoms with Crippen molar-refractivity contribution in [2.24, 2.45) is 5.92 Å². The predicted octanol–water partition coefficient (Wildman–Crippen LogP) is 2.65. The molecule has 0 aromatic heterocycles. The number of nitrogens with one attached hydrogen (secondary N) is 2. The van der Waals surface area contributed by atoms with Gasteiger partial charge < -0.3 is 15.4 Å². The highest BCUT2D eigenvalue weighted by Crippen LogP contribution is 2.33. The molecule has 4 nitrogen and oxygen atoms in total. The molecule has 2 N–H and O–H groups in total. The highest BCUT2D eigenvalue weighted by atomic mass is 35.5. The van der Waals surface area contributed by atoms with Gasteiger partial charge >= 0.3 is 0 Å². The molecular formula is C17H25ClN2O2. The lowest BCUT2D eigenvalue weighted by Gasteiger charge is -2.24. The second kappa shape index (κ2) is 7.84. The molecule has 1 heterocycles. The van der Waals surface area contributed by atoms with Crippen LogP contribution in [0.4, 0.5) is 0 Å². The second-order valence-corrected chi connectivity index (χ2v) is 6.18. The topological polar surface area (TPSA) is 50.4 Å². The molecule has 2 aliphatic rings. The molecule has 1 aliphatic carbocycles. The summed E-state index contributed by atoms with van der Waals surface area (Å²) < 4.78 is 5.20. The van der Waals surface area contributed by atoms with Crippen molar-refractivity contribution in [1.29, 1.82) is 0 Å². The van der Waals surface area contributed by atoms with Crippen molar-refractivity contribution in [2.75, 3.05) is 7.11 Å². The molecule has 1 saturated carbocycles. The summed E-state index contributed by atoms with van der Waals surface area (Å²) in [5.74, 6) is 1.66. The average molecular weight is 325 g/mol. The van der Waals surface area contributed by atoms with Crippen LogP contribution in [-0.2, 0) is 11.3 Å².